The number of esters is 3. The van der Waals surface area contributed by atoms with Gasteiger partial charge in [0.25, 0.3) is 0 Å². The van der Waals surface area contributed by atoms with Crippen LogP contribution in [-0.2, 0) is 28.6 Å². The summed E-state index contributed by atoms with van der Waals surface area (Å²) in [5, 5.41) is 0. The summed E-state index contributed by atoms with van der Waals surface area (Å²) in [6.45, 7) is 13.1. The second kappa shape index (κ2) is 15.4. The van der Waals surface area contributed by atoms with E-state index in [0.29, 0.717) is 22.6 Å². The molecule has 3 rings (SSSR count). The average Bonchev–Trinajstić information content (AvgIpc) is 2.99. The molecule has 0 heterocycles. The van der Waals surface area contributed by atoms with Crippen LogP contribution in [0, 0.1) is 6.92 Å². The molecule has 0 atom stereocenters. The third-order valence-electron chi connectivity index (χ3n) is 6.10. The first kappa shape index (κ1) is 32.7. The third kappa shape index (κ3) is 8.83. The number of carbonyl (C=O) groups is 3. The highest BCUT2D eigenvalue weighted by atomic mass is 16.5. The summed E-state index contributed by atoms with van der Waals surface area (Å²) in [5.74, 6) is -0.874. The van der Waals surface area contributed by atoms with Gasteiger partial charge < -0.3 is 28.4 Å². The van der Waals surface area contributed by atoms with Crippen molar-refractivity contribution < 1.29 is 42.8 Å². The fourth-order valence-electron chi connectivity index (χ4n) is 3.94. The van der Waals surface area contributed by atoms with Crippen molar-refractivity contribution in [1.82, 2.24) is 0 Å². The third-order valence-corrected chi connectivity index (χ3v) is 6.10. The quantitative estimate of drug-likeness (QED) is 0.135. The van der Waals surface area contributed by atoms with Crippen LogP contribution in [0.2, 0.25) is 0 Å². The van der Waals surface area contributed by atoms with Crippen molar-refractivity contribution in [3.8, 4) is 39.5 Å². The van der Waals surface area contributed by atoms with Crippen LogP contribution in [0.1, 0.15) is 5.56 Å². The Morgan fingerprint density at radius 2 is 0.930 bits per heavy atom. The summed E-state index contributed by atoms with van der Waals surface area (Å²) in [5.41, 5.74) is 4.34. The van der Waals surface area contributed by atoms with Crippen LogP contribution in [0.25, 0.3) is 22.3 Å². The van der Waals surface area contributed by atoms with Crippen LogP contribution in [-0.4, -0.2) is 59.1 Å². The standard InChI is InChI=1S/C34H34O9/c1-21-16-30(26-10-14-28(15-11-26)42-33(36)23(3)19-39-6)31(43-34(37)24(4)20-40-7)17-29(21)25-8-12-27(13-9-25)41-32(35)22(2)18-38-5/h8-17H,2-4,18-20H2,1,5-7H3. The lowest BCUT2D eigenvalue weighted by Crippen LogP contribution is -2.14. The molecule has 43 heavy (non-hydrogen) atoms. The molecule has 0 bridgehead atoms. The summed E-state index contributed by atoms with van der Waals surface area (Å²) in [7, 11) is 4.39. The first-order valence-corrected chi connectivity index (χ1v) is 13.1. The highest BCUT2D eigenvalue weighted by Gasteiger charge is 2.18. The van der Waals surface area contributed by atoms with E-state index in [1.807, 2.05) is 13.0 Å². The van der Waals surface area contributed by atoms with E-state index >= 15 is 0 Å². The number of ether oxygens (including phenoxy) is 6. The van der Waals surface area contributed by atoms with E-state index in [1.54, 1.807) is 54.6 Å². The van der Waals surface area contributed by atoms with Crippen molar-refractivity contribution in [3.63, 3.8) is 0 Å². The van der Waals surface area contributed by atoms with Gasteiger partial charge in [0.2, 0.25) is 0 Å². The highest BCUT2D eigenvalue weighted by Crippen LogP contribution is 2.38. The van der Waals surface area contributed by atoms with E-state index in [4.69, 9.17) is 28.4 Å². The summed E-state index contributed by atoms with van der Waals surface area (Å²) in [6.07, 6.45) is 0. The van der Waals surface area contributed by atoms with E-state index in [2.05, 4.69) is 19.7 Å². The number of hydrogen-bond donors (Lipinski definition) is 0. The molecule has 0 aliphatic carbocycles. The first-order chi connectivity index (χ1) is 20.6. The van der Waals surface area contributed by atoms with Crippen LogP contribution in [0.15, 0.2) is 97.1 Å². The van der Waals surface area contributed by atoms with Crippen molar-refractivity contribution in [3.05, 3.63) is 103 Å². The largest absolute Gasteiger partial charge is 0.423 e. The van der Waals surface area contributed by atoms with Crippen LogP contribution >= 0.6 is 0 Å². The maximum atomic E-state index is 12.8. The predicted octanol–water partition coefficient (Wildman–Crippen LogP) is 5.65. The lowest BCUT2D eigenvalue weighted by Gasteiger charge is -2.16. The maximum Gasteiger partial charge on any atom is 0.341 e. The minimum Gasteiger partial charge on any atom is -0.423 e. The van der Waals surface area contributed by atoms with Crippen molar-refractivity contribution in [2.24, 2.45) is 0 Å². The number of methoxy groups -OCH3 is 3. The Balaban J connectivity index is 1.95. The average molecular weight is 587 g/mol. The lowest BCUT2D eigenvalue weighted by molar-refractivity contribution is -0.131. The number of rotatable bonds is 14. The Bertz CT molecular complexity index is 1520. The highest BCUT2D eigenvalue weighted by molar-refractivity contribution is 5.92. The molecule has 0 spiro atoms. The summed E-state index contributed by atoms with van der Waals surface area (Å²) in [6, 6.07) is 17.3. The Labute approximate surface area is 250 Å². The van der Waals surface area contributed by atoms with Crippen LogP contribution in [0.4, 0.5) is 0 Å². The molecule has 0 saturated heterocycles. The zero-order valence-electron chi connectivity index (χ0n) is 24.7. The topological polar surface area (TPSA) is 107 Å². The zero-order valence-corrected chi connectivity index (χ0v) is 24.7. The Kier molecular flexibility index (Phi) is 11.7. The molecular weight excluding hydrogens is 552 g/mol. The van der Waals surface area contributed by atoms with Crippen LogP contribution < -0.4 is 14.2 Å². The van der Waals surface area contributed by atoms with Crippen molar-refractivity contribution >= 4 is 17.9 Å². The Morgan fingerprint density at radius 1 is 0.558 bits per heavy atom. The van der Waals surface area contributed by atoms with Crippen molar-refractivity contribution in [2.45, 2.75) is 6.92 Å². The minimum atomic E-state index is -0.640. The number of benzene rings is 3. The molecule has 0 amide bonds. The van der Waals surface area contributed by atoms with Gasteiger partial charge in [-0.05, 0) is 65.6 Å². The molecule has 0 fully saturated rings. The zero-order chi connectivity index (χ0) is 31.5. The van der Waals surface area contributed by atoms with Gasteiger partial charge in [-0.2, -0.15) is 0 Å². The van der Waals surface area contributed by atoms with E-state index in [1.165, 1.54) is 21.3 Å². The van der Waals surface area contributed by atoms with Gasteiger partial charge in [-0.15, -0.1) is 0 Å². The smallest absolute Gasteiger partial charge is 0.341 e. The fourth-order valence-corrected chi connectivity index (χ4v) is 3.94. The molecule has 9 heteroatoms. The number of carbonyl (C=O) groups excluding carboxylic acids is 3. The van der Waals surface area contributed by atoms with E-state index in [9.17, 15) is 14.4 Å². The van der Waals surface area contributed by atoms with Gasteiger partial charge in [-0.1, -0.05) is 44.0 Å². The van der Waals surface area contributed by atoms with Crippen molar-refractivity contribution in [1.29, 1.82) is 0 Å². The molecule has 3 aromatic carbocycles. The van der Waals surface area contributed by atoms with Gasteiger partial charge in [-0.25, -0.2) is 14.4 Å². The van der Waals surface area contributed by atoms with Crippen molar-refractivity contribution in [2.75, 3.05) is 41.2 Å². The van der Waals surface area contributed by atoms with Crippen LogP contribution in [0.3, 0.4) is 0 Å². The maximum absolute atomic E-state index is 12.8. The normalized spacial score (nSPS) is 10.5. The van der Waals surface area contributed by atoms with Gasteiger partial charge in [0.1, 0.15) is 17.2 Å². The molecule has 0 aliphatic heterocycles. The van der Waals surface area contributed by atoms with E-state index < -0.39 is 17.9 Å². The monoisotopic (exact) mass is 586 g/mol. The molecule has 0 aromatic heterocycles. The van der Waals surface area contributed by atoms with E-state index in [0.717, 1.165) is 16.7 Å². The molecule has 3 aromatic rings. The number of aryl methyl sites for hydroxylation is 1. The number of hydrogen-bond acceptors (Lipinski definition) is 9. The first-order valence-electron chi connectivity index (χ1n) is 13.1. The molecule has 224 valence electrons. The molecule has 0 N–H and O–H groups in total. The van der Waals surface area contributed by atoms with Crippen LogP contribution in [0.5, 0.6) is 17.2 Å². The van der Waals surface area contributed by atoms with Gasteiger partial charge in [-0.3, -0.25) is 0 Å². The molecule has 0 saturated carbocycles. The van der Waals surface area contributed by atoms with Gasteiger partial charge in [0, 0.05) is 26.9 Å². The summed E-state index contributed by atoms with van der Waals surface area (Å²) < 4.78 is 31.4. The molecule has 0 radical (unpaired) electrons. The van der Waals surface area contributed by atoms with Gasteiger partial charge in [0.15, 0.2) is 0 Å². The molecule has 9 nitrogen and oxygen atoms in total. The molecular formula is C34H34O9. The lowest BCUT2D eigenvalue weighted by atomic mass is 9.94. The molecule has 0 unspecified atom stereocenters. The van der Waals surface area contributed by atoms with Gasteiger partial charge in [0.05, 0.1) is 36.5 Å². The Morgan fingerprint density at radius 3 is 1.33 bits per heavy atom. The van der Waals surface area contributed by atoms with Gasteiger partial charge >= 0.3 is 17.9 Å². The Hall–Kier alpha value is -4.83. The second-order valence-electron chi connectivity index (χ2n) is 9.49. The fraction of sp³-hybridized carbons (Fsp3) is 0.206. The minimum absolute atomic E-state index is 0.0122. The summed E-state index contributed by atoms with van der Waals surface area (Å²) >= 11 is 0. The second-order valence-corrected chi connectivity index (χ2v) is 9.49. The predicted molar refractivity (Wildman–Crippen MR) is 162 cm³/mol. The summed E-state index contributed by atoms with van der Waals surface area (Å²) in [4.78, 5) is 37.2. The SMILES string of the molecule is C=C(COC)C(=O)Oc1ccc(-c2cc(OC(=O)C(=C)COC)c(-c3ccc(OC(=O)C(=C)COC)cc3)cc2C)cc1. The molecule has 0 aliphatic rings. The van der Waals surface area contributed by atoms with E-state index in [-0.39, 0.29) is 42.3 Å².